The van der Waals surface area contributed by atoms with Gasteiger partial charge in [0, 0.05) is 12.8 Å². The van der Waals surface area contributed by atoms with Crippen LogP contribution in [0, 0.1) is 0 Å². The summed E-state index contributed by atoms with van der Waals surface area (Å²) in [4.78, 5) is 24.5. The molecule has 6 nitrogen and oxygen atoms in total. The van der Waals surface area contributed by atoms with Crippen molar-refractivity contribution >= 4 is 11.9 Å². The van der Waals surface area contributed by atoms with Gasteiger partial charge in [-0.3, -0.25) is 9.59 Å². The summed E-state index contributed by atoms with van der Waals surface area (Å²) >= 11 is 0. The number of esters is 1. The number of unbranched alkanes of at least 4 members (excludes halogenated alkanes) is 50. The molecule has 0 aromatic carbocycles. The van der Waals surface area contributed by atoms with Crippen LogP contribution in [-0.4, -0.2) is 47.4 Å². The Hall–Kier alpha value is -1.40. The quantitative estimate of drug-likeness (QED) is 0.0320. The van der Waals surface area contributed by atoms with Crippen LogP contribution in [0.25, 0.3) is 0 Å². The molecule has 0 aliphatic carbocycles. The van der Waals surface area contributed by atoms with Gasteiger partial charge in [-0.05, 0) is 32.1 Å². The number of nitrogens with one attached hydrogen (secondary N) is 1. The summed E-state index contributed by atoms with van der Waals surface area (Å²) in [7, 11) is 0. The molecule has 0 rings (SSSR count). The standard InChI is InChI=1S/C65H127NO5/c1-3-5-7-9-11-13-15-17-18-19-20-24-27-30-34-37-41-45-49-53-57-63(68)62(61-67)66-64(69)58-54-50-46-42-38-35-31-28-25-22-21-23-26-29-32-36-40-44-48-52-56-60-71-65(70)59-55-51-47-43-39-33-16-14-12-10-8-6-4-2/h53,57,62-63,67-68H,3-52,54-56,58-61H2,1-2H3,(H,66,69)/b57-53+. The molecule has 71 heavy (non-hydrogen) atoms. The van der Waals surface area contributed by atoms with Crippen LogP contribution in [0.15, 0.2) is 12.2 Å². The molecule has 1 amide bonds. The van der Waals surface area contributed by atoms with Crippen molar-refractivity contribution in [2.24, 2.45) is 0 Å². The van der Waals surface area contributed by atoms with Crippen LogP contribution >= 0.6 is 0 Å². The summed E-state index contributed by atoms with van der Waals surface area (Å²) in [5.41, 5.74) is 0. The minimum Gasteiger partial charge on any atom is -0.466 e. The third-order valence-electron chi connectivity index (χ3n) is 15.3. The average Bonchev–Trinajstić information content (AvgIpc) is 3.37. The van der Waals surface area contributed by atoms with Gasteiger partial charge >= 0.3 is 5.97 Å². The number of amides is 1. The van der Waals surface area contributed by atoms with Crippen LogP contribution in [0.3, 0.4) is 0 Å². The van der Waals surface area contributed by atoms with Crippen molar-refractivity contribution in [3.05, 3.63) is 12.2 Å². The summed E-state index contributed by atoms with van der Waals surface area (Å²) < 4.78 is 5.48. The van der Waals surface area contributed by atoms with Gasteiger partial charge in [0.2, 0.25) is 5.91 Å². The minimum absolute atomic E-state index is 0.0138. The molecule has 0 radical (unpaired) electrons. The predicted molar refractivity (Wildman–Crippen MR) is 310 cm³/mol. The lowest BCUT2D eigenvalue weighted by molar-refractivity contribution is -0.143. The van der Waals surface area contributed by atoms with Crippen LogP contribution in [0.1, 0.15) is 367 Å². The maximum Gasteiger partial charge on any atom is 0.305 e. The van der Waals surface area contributed by atoms with Crippen LogP contribution in [0.4, 0.5) is 0 Å². The molecule has 2 atom stereocenters. The molecular formula is C65H127NO5. The first-order valence-electron chi connectivity index (χ1n) is 32.5. The first-order chi connectivity index (χ1) is 35.0. The lowest BCUT2D eigenvalue weighted by Gasteiger charge is -2.20. The Morgan fingerprint density at radius 1 is 0.380 bits per heavy atom. The molecule has 2 unspecified atom stereocenters. The van der Waals surface area contributed by atoms with E-state index in [0.717, 1.165) is 38.5 Å². The highest BCUT2D eigenvalue weighted by Crippen LogP contribution is 2.18. The van der Waals surface area contributed by atoms with Crippen LogP contribution < -0.4 is 5.32 Å². The number of hydrogen-bond donors (Lipinski definition) is 3. The number of carbonyl (C=O) groups is 2. The van der Waals surface area contributed by atoms with Gasteiger partial charge in [-0.2, -0.15) is 0 Å². The Morgan fingerprint density at radius 2 is 0.648 bits per heavy atom. The Labute approximate surface area is 444 Å². The Morgan fingerprint density at radius 3 is 0.958 bits per heavy atom. The fourth-order valence-electron chi connectivity index (χ4n) is 10.3. The summed E-state index contributed by atoms with van der Waals surface area (Å²) in [5, 5.41) is 23.2. The molecular weight excluding hydrogens is 875 g/mol. The number of ether oxygens (including phenoxy) is 1. The zero-order chi connectivity index (χ0) is 51.4. The molecule has 3 N–H and O–H groups in total. The van der Waals surface area contributed by atoms with Gasteiger partial charge in [-0.1, -0.05) is 334 Å². The van der Waals surface area contributed by atoms with Crippen molar-refractivity contribution in [1.82, 2.24) is 5.32 Å². The maximum absolute atomic E-state index is 12.5. The van der Waals surface area contributed by atoms with E-state index in [9.17, 15) is 19.8 Å². The summed E-state index contributed by atoms with van der Waals surface area (Å²) in [6.07, 6.45) is 74.0. The van der Waals surface area contributed by atoms with Gasteiger partial charge in [0.05, 0.1) is 25.4 Å². The molecule has 0 saturated carbocycles. The minimum atomic E-state index is -0.845. The summed E-state index contributed by atoms with van der Waals surface area (Å²) in [5.74, 6) is -0.0512. The van der Waals surface area contributed by atoms with E-state index < -0.39 is 12.1 Å². The van der Waals surface area contributed by atoms with Crippen molar-refractivity contribution in [1.29, 1.82) is 0 Å². The van der Waals surface area contributed by atoms with Gasteiger partial charge in [0.1, 0.15) is 0 Å². The van der Waals surface area contributed by atoms with E-state index in [4.69, 9.17) is 4.74 Å². The smallest absolute Gasteiger partial charge is 0.305 e. The van der Waals surface area contributed by atoms with Crippen molar-refractivity contribution in [3.8, 4) is 0 Å². The molecule has 0 bridgehead atoms. The van der Waals surface area contributed by atoms with Crippen molar-refractivity contribution in [2.45, 2.75) is 379 Å². The number of carbonyl (C=O) groups excluding carboxylic acids is 2. The summed E-state index contributed by atoms with van der Waals surface area (Å²) in [6.45, 7) is 4.94. The number of aliphatic hydroxyl groups excluding tert-OH is 2. The molecule has 0 fully saturated rings. The third kappa shape index (κ3) is 57.7. The lowest BCUT2D eigenvalue weighted by Crippen LogP contribution is -2.45. The molecule has 0 aromatic heterocycles. The van der Waals surface area contributed by atoms with Crippen molar-refractivity contribution in [3.63, 3.8) is 0 Å². The normalized spacial score (nSPS) is 12.6. The first-order valence-corrected chi connectivity index (χ1v) is 32.5. The number of rotatable bonds is 61. The van der Waals surface area contributed by atoms with Gasteiger partial charge in [-0.15, -0.1) is 0 Å². The Bertz CT molecular complexity index is 1060. The highest BCUT2D eigenvalue weighted by molar-refractivity contribution is 5.76. The van der Waals surface area contributed by atoms with E-state index in [2.05, 4.69) is 19.2 Å². The SMILES string of the molecule is CCCCCCCCCCCCCCCCCCCC/C=C/C(O)C(CO)NC(=O)CCCCCCCCCCCCCCCCCCCCCCCOC(=O)CCCCCCCCCCCCCCC. The van der Waals surface area contributed by atoms with Crippen LogP contribution in [-0.2, 0) is 14.3 Å². The van der Waals surface area contributed by atoms with E-state index in [1.54, 1.807) is 6.08 Å². The van der Waals surface area contributed by atoms with E-state index in [1.165, 1.54) is 302 Å². The average molecular weight is 1000 g/mol. The van der Waals surface area contributed by atoms with Crippen molar-refractivity contribution in [2.75, 3.05) is 13.2 Å². The topological polar surface area (TPSA) is 95.9 Å². The van der Waals surface area contributed by atoms with Crippen LogP contribution in [0.5, 0.6) is 0 Å². The molecule has 0 aliphatic heterocycles. The molecule has 0 aliphatic rings. The zero-order valence-electron chi connectivity index (χ0n) is 48.2. The van der Waals surface area contributed by atoms with Gasteiger partial charge in [0.25, 0.3) is 0 Å². The van der Waals surface area contributed by atoms with Gasteiger partial charge < -0.3 is 20.3 Å². The molecule has 6 heteroatoms. The van der Waals surface area contributed by atoms with Gasteiger partial charge in [0.15, 0.2) is 0 Å². The van der Waals surface area contributed by atoms with E-state index in [-0.39, 0.29) is 18.5 Å². The Balaban J connectivity index is 3.41. The Kier molecular flexibility index (Phi) is 59.9. The van der Waals surface area contributed by atoms with E-state index in [0.29, 0.717) is 19.4 Å². The number of allylic oxidation sites excluding steroid dienone is 1. The largest absolute Gasteiger partial charge is 0.466 e. The molecule has 422 valence electrons. The first kappa shape index (κ1) is 69.6. The summed E-state index contributed by atoms with van der Waals surface area (Å²) in [6, 6.07) is -0.628. The number of hydrogen-bond acceptors (Lipinski definition) is 5. The van der Waals surface area contributed by atoms with E-state index >= 15 is 0 Å². The predicted octanol–water partition coefficient (Wildman–Crippen LogP) is 20.4. The van der Waals surface area contributed by atoms with Crippen LogP contribution in [0.2, 0.25) is 0 Å². The molecule has 0 heterocycles. The maximum atomic E-state index is 12.5. The second-order valence-corrected chi connectivity index (χ2v) is 22.5. The highest BCUT2D eigenvalue weighted by Gasteiger charge is 2.18. The fraction of sp³-hybridized carbons (Fsp3) is 0.938. The lowest BCUT2D eigenvalue weighted by atomic mass is 10.0. The fourth-order valence-corrected chi connectivity index (χ4v) is 10.3. The second kappa shape index (κ2) is 61.1. The molecule has 0 spiro atoms. The third-order valence-corrected chi connectivity index (χ3v) is 15.3. The number of aliphatic hydroxyl groups is 2. The second-order valence-electron chi connectivity index (χ2n) is 22.5. The van der Waals surface area contributed by atoms with E-state index in [1.807, 2.05) is 6.08 Å². The zero-order valence-corrected chi connectivity index (χ0v) is 48.2. The van der Waals surface area contributed by atoms with Gasteiger partial charge in [-0.25, -0.2) is 0 Å². The monoisotopic (exact) mass is 1000 g/mol. The highest BCUT2D eigenvalue weighted by atomic mass is 16.5. The van der Waals surface area contributed by atoms with Crippen molar-refractivity contribution < 1.29 is 24.5 Å². The molecule has 0 aromatic rings. The molecule has 0 saturated heterocycles.